The second-order valence-electron chi connectivity index (χ2n) is 6.71. The molecule has 4 heteroatoms. The fourth-order valence-electron chi connectivity index (χ4n) is 2.48. The zero-order chi connectivity index (χ0) is 14.8. The van der Waals surface area contributed by atoms with Crippen LogP contribution in [0.2, 0.25) is 0 Å². The zero-order valence-corrected chi connectivity index (χ0v) is 14.4. The molecule has 0 radical (unpaired) electrons. The Balaban J connectivity index is 2.21. The summed E-state index contributed by atoms with van der Waals surface area (Å²) in [7, 11) is 0. The number of aromatic nitrogens is 1. The van der Waals surface area contributed by atoms with Gasteiger partial charge in [-0.15, -0.1) is 11.3 Å². The van der Waals surface area contributed by atoms with Crippen molar-refractivity contribution in [2.75, 3.05) is 18.0 Å². The summed E-state index contributed by atoms with van der Waals surface area (Å²) in [6.45, 7) is 14.4. The largest absolute Gasteiger partial charge is 0.345 e. The molecule has 1 fully saturated rings. The fraction of sp³-hybridized carbons (Fsp3) is 0.812. The molecule has 0 bridgehead atoms. The summed E-state index contributed by atoms with van der Waals surface area (Å²) in [5.74, 6) is 0. The summed E-state index contributed by atoms with van der Waals surface area (Å²) >= 11 is 1.89. The van der Waals surface area contributed by atoms with Gasteiger partial charge in [-0.25, -0.2) is 4.98 Å². The van der Waals surface area contributed by atoms with Gasteiger partial charge in [0.05, 0.1) is 5.69 Å². The van der Waals surface area contributed by atoms with E-state index < -0.39 is 0 Å². The Bertz CT molecular complexity index is 429. The Morgan fingerprint density at radius 2 is 2.00 bits per heavy atom. The second-order valence-corrected chi connectivity index (χ2v) is 7.77. The first-order chi connectivity index (χ1) is 9.47. The lowest BCUT2D eigenvalue weighted by Gasteiger charge is -2.20. The Morgan fingerprint density at radius 1 is 1.30 bits per heavy atom. The molecule has 1 aromatic heterocycles. The van der Waals surface area contributed by atoms with Gasteiger partial charge in [0.25, 0.3) is 0 Å². The van der Waals surface area contributed by atoms with Crippen molar-refractivity contribution in [3.63, 3.8) is 0 Å². The number of nitrogens with one attached hydrogen (secondary N) is 1. The summed E-state index contributed by atoms with van der Waals surface area (Å²) in [5.41, 5.74) is 1.40. The van der Waals surface area contributed by atoms with Crippen LogP contribution < -0.4 is 10.2 Å². The molecule has 3 nitrogen and oxygen atoms in total. The molecule has 1 aliphatic rings. The van der Waals surface area contributed by atoms with Crippen LogP contribution in [-0.2, 0) is 12.0 Å². The van der Waals surface area contributed by atoms with Gasteiger partial charge < -0.3 is 10.2 Å². The maximum atomic E-state index is 5.00. The number of nitrogens with zero attached hydrogens (tertiary/aromatic N) is 2. The monoisotopic (exact) mass is 295 g/mol. The van der Waals surface area contributed by atoms with Gasteiger partial charge in [0.1, 0.15) is 0 Å². The molecular weight excluding hydrogens is 266 g/mol. The van der Waals surface area contributed by atoms with Crippen LogP contribution in [0, 0.1) is 0 Å². The highest BCUT2D eigenvalue weighted by atomic mass is 32.1. The molecule has 0 aliphatic heterocycles. The highest BCUT2D eigenvalue weighted by molar-refractivity contribution is 7.15. The van der Waals surface area contributed by atoms with Crippen LogP contribution >= 0.6 is 11.3 Å². The second kappa shape index (κ2) is 6.44. The number of rotatable bonds is 7. The van der Waals surface area contributed by atoms with Crippen molar-refractivity contribution in [1.29, 1.82) is 0 Å². The zero-order valence-electron chi connectivity index (χ0n) is 13.6. The minimum absolute atomic E-state index is 0.126. The Hall–Kier alpha value is -0.610. The predicted molar refractivity (Wildman–Crippen MR) is 88.9 cm³/mol. The molecule has 1 aliphatic carbocycles. The molecule has 0 spiro atoms. The van der Waals surface area contributed by atoms with Crippen LogP contribution in [-0.4, -0.2) is 24.1 Å². The Kier molecular flexibility index (Phi) is 5.08. The van der Waals surface area contributed by atoms with E-state index in [1.807, 2.05) is 11.3 Å². The van der Waals surface area contributed by atoms with Gasteiger partial charge in [-0.2, -0.15) is 0 Å². The van der Waals surface area contributed by atoms with Gasteiger partial charge in [0, 0.05) is 29.4 Å². The van der Waals surface area contributed by atoms with E-state index in [2.05, 4.69) is 44.8 Å². The molecule has 0 amide bonds. The van der Waals surface area contributed by atoms with Crippen LogP contribution in [0.4, 0.5) is 5.13 Å². The van der Waals surface area contributed by atoms with Crippen molar-refractivity contribution >= 4 is 16.5 Å². The minimum atomic E-state index is 0.126. The predicted octanol–water partition coefficient (Wildman–Crippen LogP) is 3.93. The number of anilines is 1. The van der Waals surface area contributed by atoms with E-state index in [0.717, 1.165) is 25.7 Å². The Morgan fingerprint density at radius 3 is 2.50 bits per heavy atom. The van der Waals surface area contributed by atoms with E-state index in [4.69, 9.17) is 4.98 Å². The van der Waals surface area contributed by atoms with E-state index in [1.165, 1.54) is 35.0 Å². The standard InChI is InChI=1S/C16H29N3S/c1-6-10-17-11-13-14(16(3,4)5)18-15(20-13)19(7-2)12-8-9-12/h12,17H,6-11H2,1-5H3. The van der Waals surface area contributed by atoms with Gasteiger partial charge in [-0.1, -0.05) is 27.7 Å². The first kappa shape index (κ1) is 15.8. The fourth-order valence-corrected chi connectivity index (χ4v) is 3.86. The SMILES string of the molecule is CCCNCc1sc(N(CC)C2CC2)nc1C(C)(C)C. The van der Waals surface area contributed by atoms with E-state index in [1.54, 1.807) is 0 Å². The molecule has 20 heavy (non-hydrogen) atoms. The smallest absolute Gasteiger partial charge is 0.186 e. The van der Waals surface area contributed by atoms with Gasteiger partial charge in [-0.05, 0) is 32.7 Å². The van der Waals surface area contributed by atoms with E-state index in [9.17, 15) is 0 Å². The lowest BCUT2D eigenvalue weighted by Crippen LogP contribution is -2.25. The molecule has 0 unspecified atom stereocenters. The minimum Gasteiger partial charge on any atom is -0.345 e. The highest BCUT2D eigenvalue weighted by Gasteiger charge is 2.32. The molecule has 0 aromatic carbocycles. The van der Waals surface area contributed by atoms with Crippen molar-refractivity contribution in [2.45, 2.75) is 71.9 Å². The number of hydrogen-bond donors (Lipinski definition) is 1. The molecule has 1 heterocycles. The molecule has 1 aromatic rings. The summed E-state index contributed by atoms with van der Waals surface area (Å²) < 4.78 is 0. The maximum absolute atomic E-state index is 5.00. The quantitative estimate of drug-likeness (QED) is 0.773. The average molecular weight is 295 g/mol. The van der Waals surface area contributed by atoms with E-state index in [-0.39, 0.29) is 5.41 Å². The van der Waals surface area contributed by atoms with Crippen LogP contribution in [0.5, 0.6) is 0 Å². The van der Waals surface area contributed by atoms with Crippen molar-refractivity contribution in [2.24, 2.45) is 0 Å². The Labute approximate surface area is 127 Å². The van der Waals surface area contributed by atoms with Crippen LogP contribution in [0.25, 0.3) is 0 Å². The van der Waals surface area contributed by atoms with Gasteiger partial charge >= 0.3 is 0 Å². The average Bonchev–Trinajstić information content (AvgIpc) is 3.10. The first-order valence-corrected chi connectivity index (χ1v) is 8.76. The summed E-state index contributed by atoms with van der Waals surface area (Å²) in [4.78, 5) is 8.90. The van der Waals surface area contributed by atoms with Crippen LogP contribution in [0.15, 0.2) is 0 Å². The maximum Gasteiger partial charge on any atom is 0.186 e. The summed E-state index contributed by atoms with van der Waals surface area (Å²) in [6.07, 6.45) is 3.85. The lowest BCUT2D eigenvalue weighted by atomic mass is 9.91. The van der Waals surface area contributed by atoms with Crippen molar-refractivity contribution in [3.8, 4) is 0 Å². The van der Waals surface area contributed by atoms with Gasteiger partial charge in [-0.3, -0.25) is 0 Å². The van der Waals surface area contributed by atoms with Gasteiger partial charge in [0.2, 0.25) is 0 Å². The lowest BCUT2D eigenvalue weighted by molar-refractivity contribution is 0.558. The van der Waals surface area contributed by atoms with E-state index in [0.29, 0.717) is 0 Å². The molecule has 0 saturated heterocycles. The normalized spacial score (nSPS) is 15.7. The van der Waals surface area contributed by atoms with Gasteiger partial charge in [0.15, 0.2) is 5.13 Å². The third-order valence-corrected chi connectivity index (χ3v) is 4.78. The molecule has 1 saturated carbocycles. The van der Waals surface area contributed by atoms with Crippen LogP contribution in [0.3, 0.4) is 0 Å². The summed E-state index contributed by atoms with van der Waals surface area (Å²) in [6, 6.07) is 0.746. The van der Waals surface area contributed by atoms with Crippen molar-refractivity contribution in [3.05, 3.63) is 10.6 Å². The molecule has 0 atom stereocenters. The molecule has 2 rings (SSSR count). The molecular formula is C16H29N3S. The molecule has 114 valence electrons. The topological polar surface area (TPSA) is 28.2 Å². The molecule has 1 N–H and O–H groups in total. The van der Waals surface area contributed by atoms with Crippen molar-refractivity contribution in [1.82, 2.24) is 10.3 Å². The third-order valence-electron chi connectivity index (χ3n) is 3.68. The highest BCUT2D eigenvalue weighted by Crippen LogP contribution is 2.38. The number of thiazole rings is 1. The third kappa shape index (κ3) is 3.73. The summed E-state index contributed by atoms with van der Waals surface area (Å²) in [5, 5.41) is 4.76. The first-order valence-electron chi connectivity index (χ1n) is 7.94. The number of hydrogen-bond acceptors (Lipinski definition) is 4. The van der Waals surface area contributed by atoms with E-state index >= 15 is 0 Å². The van der Waals surface area contributed by atoms with Crippen LogP contribution in [0.1, 0.15) is 64.5 Å². The van der Waals surface area contributed by atoms with Crippen molar-refractivity contribution < 1.29 is 0 Å².